The van der Waals surface area contributed by atoms with E-state index >= 15 is 0 Å². The number of benzene rings is 1. The molecule has 0 saturated carbocycles. The summed E-state index contributed by atoms with van der Waals surface area (Å²) in [6.07, 6.45) is -3.17. The molecule has 1 aromatic carbocycles. The number of alkyl halides is 3. The highest BCUT2D eigenvalue weighted by Gasteiger charge is 2.44. The predicted molar refractivity (Wildman–Crippen MR) is 113 cm³/mol. The number of carbonyl (C=O) groups is 2. The van der Waals surface area contributed by atoms with Crippen LogP contribution in [-0.4, -0.2) is 56.6 Å². The molecule has 174 valence electrons. The summed E-state index contributed by atoms with van der Waals surface area (Å²) in [6.45, 7) is 4.29. The third-order valence-corrected chi connectivity index (χ3v) is 6.50. The number of rotatable bonds is 4. The molecule has 2 saturated heterocycles. The first-order valence-electron chi connectivity index (χ1n) is 10.8. The normalized spacial score (nSPS) is 21.9. The van der Waals surface area contributed by atoms with E-state index in [-0.39, 0.29) is 35.3 Å². The monoisotopic (exact) mass is 451 g/mol. The lowest BCUT2D eigenvalue weighted by atomic mass is 9.78. The SMILES string of the molecule is CCNC(=O)N1C[C@@H](C(=O)NC)[C@H](C2CCN(c3ccc(C#N)c(C(F)(F)F)c3)CC2)C1. The standard InChI is InChI=1S/C22H28F3N5O2/c1-3-28-21(32)30-12-17(18(13-30)20(31)27-2)14-6-8-29(9-7-14)16-5-4-15(11-26)19(10-16)22(23,24)25/h4-5,10,14,17-18H,3,6-9,12-13H2,1-2H3,(H,27,31)(H,28,32)/t17-,18+/m0/s1. The Balaban J connectivity index is 1.71. The Morgan fingerprint density at radius 3 is 2.47 bits per heavy atom. The molecular weight excluding hydrogens is 423 g/mol. The summed E-state index contributed by atoms with van der Waals surface area (Å²) < 4.78 is 39.9. The summed E-state index contributed by atoms with van der Waals surface area (Å²) in [7, 11) is 1.58. The third-order valence-electron chi connectivity index (χ3n) is 6.50. The van der Waals surface area contributed by atoms with Gasteiger partial charge in [-0.05, 0) is 49.8 Å². The van der Waals surface area contributed by atoms with Crippen molar-refractivity contribution in [3.05, 3.63) is 29.3 Å². The molecule has 2 heterocycles. The molecule has 10 heteroatoms. The molecule has 0 bridgehead atoms. The second kappa shape index (κ2) is 9.67. The molecule has 2 atom stereocenters. The summed E-state index contributed by atoms with van der Waals surface area (Å²) in [6, 6.07) is 5.23. The molecule has 3 amide bonds. The van der Waals surface area contributed by atoms with E-state index in [0.29, 0.717) is 51.3 Å². The fourth-order valence-corrected chi connectivity index (χ4v) is 4.85. The molecule has 0 aromatic heterocycles. The van der Waals surface area contributed by atoms with Gasteiger partial charge in [-0.25, -0.2) is 4.79 Å². The minimum atomic E-state index is -4.59. The van der Waals surface area contributed by atoms with Crippen molar-refractivity contribution in [3.63, 3.8) is 0 Å². The van der Waals surface area contributed by atoms with Crippen LogP contribution in [0.1, 0.15) is 30.9 Å². The number of hydrogen-bond donors (Lipinski definition) is 2. The number of carbonyl (C=O) groups excluding carboxylic acids is 2. The first-order valence-corrected chi connectivity index (χ1v) is 10.8. The lowest BCUT2D eigenvalue weighted by molar-refractivity contribution is -0.137. The number of likely N-dealkylation sites (tertiary alicyclic amines) is 1. The number of nitrogens with one attached hydrogen (secondary N) is 2. The summed E-state index contributed by atoms with van der Waals surface area (Å²) in [5.74, 6) is -0.197. The maximum atomic E-state index is 13.3. The van der Waals surface area contributed by atoms with Crippen molar-refractivity contribution in [1.82, 2.24) is 15.5 Å². The van der Waals surface area contributed by atoms with Gasteiger partial charge in [-0.2, -0.15) is 18.4 Å². The van der Waals surface area contributed by atoms with Gasteiger partial charge >= 0.3 is 12.2 Å². The Hall–Kier alpha value is -2.96. The maximum absolute atomic E-state index is 13.3. The molecule has 0 unspecified atom stereocenters. The molecule has 32 heavy (non-hydrogen) atoms. The molecule has 1 aromatic rings. The number of piperidine rings is 1. The summed E-state index contributed by atoms with van der Waals surface area (Å²) in [4.78, 5) is 28.3. The fraction of sp³-hybridized carbons (Fsp3) is 0.591. The van der Waals surface area contributed by atoms with E-state index < -0.39 is 11.7 Å². The number of hydrogen-bond acceptors (Lipinski definition) is 4. The zero-order valence-corrected chi connectivity index (χ0v) is 18.2. The van der Waals surface area contributed by atoms with Gasteiger partial charge in [0, 0.05) is 45.5 Å². The average molecular weight is 451 g/mol. The highest BCUT2D eigenvalue weighted by molar-refractivity contribution is 5.81. The summed E-state index contributed by atoms with van der Waals surface area (Å²) in [5, 5.41) is 14.5. The van der Waals surface area contributed by atoms with E-state index in [0.717, 1.165) is 6.07 Å². The van der Waals surface area contributed by atoms with Gasteiger partial charge in [0.05, 0.1) is 23.1 Å². The van der Waals surface area contributed by atoms with Crippen molar-refractivity contribution in [2.75, 3.05) is 44.7 Å². The van der Waals surface area contributed by atoms with Crippen molar-refractivity contribution in [2.24, 2.45) is 17.8 Å². The van der Waals surface area contributed by atoms with E-state index in [9.17, 15) is 22.8 Å². The van der Waals surface area contributed by atoms with E-state index in [1.54, 1.807) is 24.1 Å². The Kier molecular flexibility index (Phi) is 7.16. The number of urea groups is 1. The van der Waals surface area contributed by atoms with Crippen LogP contribution in [0.25, 0.3) is 0 Å². The van der Waals surface area contributed by atoms with Crippen LogP contribution in [0.3, 0.4) is 0 Å². The Labute approximate surface area is 185 Å². The van der Waals surface area contributed by atoms with Gasteiger partial charge in [-0.1, -0.05) is 0 Å². The van der Waals surface area contributed by atoms with Crippen LogP contribution in [-0.2, 0) is 11.0 Å². The second-order valence-corrected chi connectivity index (χ2v) is 8.29. The Bertz CT molecular complexity index is 891. The van der Waals surface area contributed by atoms with Crippen molar-refractivity contribution < 1.29 is 22.8 Å². The average Bonchev–Trinajstić information content (AvgIpc) is 3.23. The minimum Gasteiger partial charge on any atom is -0.372 e. The van der Waals surface area contributed by atoms with Crippen LogP contribution >= 0.6 is 0 Å². The fourth-order valence-electron chi connectivity index (χ4n) is 4.85. The van der Waals surface area contributed by atoms with Crippen molar-refractivity contribution in [1.29, 1.82) is 5.26 Å². The van der Waals surface area contributed by atoms with Crippen LogP contribution < -0.4 is 15.5 Å². The van der Waals surface area contributed by atoms with Crippen LogP contribution in [0.15, 0.2) is 18.2 Å². The van der Waals surface area contributed by atoms with Crippen molar-refractivity contribution in [2.45, 2.75) is 25.9 Å². The molecule has 2 N–H and O–H groups in total. The molecular formula is C22H28F3N5O2. The lowest BCUT2D eigenvalue weighted by Gasteiger charge is -2.37. The van der Waals surface area contributed by atoms with Crippen LogP contribution in [0.4, 0.5) is 23.7 Å². The molecule has 0 aliphatic carbocycles. The minimum absolute atomic E-state index is 0.00593. The maximum Gasteiger partial charge on any atom is 0.417 e. The van der Waals surface area contributed by atoms with E-state index in [2.05, 4.69) is 10.6 Å². The number of halogens is 3. The zero-order valence-electron chi connectivity index (χ0n) is 18.2. The van der Waals surface area contributed by atoms with Gasteiger partial charge in [-0.15, -0.1) is 0 Å². The Morgan fingerprint density at radius 1 is 1.22 bits per heavy atom. The van der Waals surface area contributed by atoms with Gasteiger partial charge in [0.1, 0.15) is 0 Å². The topological polar surface area (TPSA) is 88.5 Å². The number of nitriles is 1. The van der Waals surface area contributed by atoms with Crippen LogP contribution in [0.2, 0.25) is 0 Å². The van der Waals surface area contributed by atoms with Gasteiger partial charge in [0.15, 0.2) is 0 Å². The van der Waals surface area contributed by atoms with Gasteiger partial charge in [0.25, 0.3) is 0 Å². The molecule has 2 aliphatic rings. The van der Waals surface area contributed by atoms with Gasteiger partial charge < -0.3 is 20.4 Å². The molecule has 0 radical (unpaired) electrons. The van der Waals surface area contributed by atoms with Gasteiger partial charge in [0.2, 0.25) is 5.91 Å². The molecule has 0 spiro atoms. The first-order chi connectivity index (χ1) is 15.2. The molecule has 2 fully saturated rings. The Morgan fingerprint density at radius 2 is 1.91 bits per heavy atom. The van der Waals surface area contributed by atoms with Crippen LogP contribution in [0.5, 0.6) is 0 Å². The smallest absolute Gasteiger partial charge is 0.372 e. The summed E-state index contributed by atoms with van der Waals surface area (Å²) in [5.41, 5.74) is -0.873. The van der Waals surface area contributed by atoms with Crippen molar-refractivity contribution in [3.8, 4) is 6.07 Å². The number of nitrogens with zero attached hydrogens (tertiary/aromatic N) is 3. The van der Waals surface area contributed by atoms with Crippen LogP contribution in [0, 0.1) is 29.1 Å². The zero-order chi connectivity index (χ0) is 23.5. The van der Waals surface area contributed by atoms with E-state index in [1.807, 2.05) is 11.8 Å². The number of amides is 3. The van der Waals surface area contributed by atoms with Gasteiger partial charge in [-0.3, -0.25) is 4.79 Å². The second-order valence-electron chi connectivity index (χ2n) is 8.29. The lowest BCUT2D eigenvalue weighted by Crippen LogP contribution is -2.41. The third kappa shape index (κ3) is 4.92. The largest absolute Gasteiger partial charge is 0.417 e. The molecule has 3 rings (SSSR count). The molecule has 2 aliphatic heterocycles. The van der Waals surface area contributed by atoms with E-state index in [1.165, 1.54) is 6.07 Å². The molecule has 7 nitrogen and oxygen atoms in total. The predicted octanol–water partition coefficient (Wildman–Crippen LogP) is 2.82. The van der Waals surface area contributed by atoms with Crippen molar-refractivity contribution >= 4 is 17.6 Å². The highest BCUT2D eigenvalue weighted by Crippen LogP contribution is 2.39. The highest BCUT2D eigenvalue weighted by atomic mass is 19.4. The number of anilines is 1. The quantitative estimate of drug-likeness (QED) is 0.737. The summed E-state index contributed by atoms with van der Waals surface area (Å²) >= 11 is 0. The first kappa shape index (κ1) is 23.7. The van der Waals surface area contributed by atoms with E-state index in [4.69, 9.17) is 5.26 Å².